The lowest BCUT2D eigenvalue weighted by atomic mass is 9.80. The van der Waals surface area contributed by atoms with Crippen LogP contribution in [0.4, 0.5) is 0 Å². The monoisotopic (exact) mass is 466 g/mol. The average molecular weight is 466 g/mol. The summed E-state index contributed by atoms with van der Waals surface area (Å²) >= 11 is 2.09. The summed E-state index contributed by atoms with van der Waals surface area (Å²) in [7, 11) is 0. The highest BCUT2D eigenvalue weighted by Gasteiger charge is 2.38. The molecule has 3 aliphatic rings. The molecule has 0 bridgehead atoms. The van der Waals surface area contributed by atoms with Crippen molar-refractivity contribution in [3.05, 3.63) is 0 Å². The third-order valence-electron chi connectivity index (χ3n) is 5.97. The number of rotatable bonds is 4. The zero-order chi connectivity index (χ0) is 16.0. The summed E-state index contributed by atoms with van der Waals surface area (Å²) in [6, 6.07) is 0.557. The van der Waals surface area contributed by atoms with Gasteiger partial charge < -0.3 is 11.1 Å². The first-order chi connectivity index (χ1) is 11.3. The van der Waals surface area contributed by atoms with E-state index in [1.165, 1.54) is 88.8 Å². The minimum absolute atomic E-state index is 0. The number of nitrogens with zero attached hydrogens (tertiary/aromatic N) is 2. The van der Waals surface area contributed by atoms with Crippen molar-refractivity contribution in [2.75, 3.05) is 31.1 Å². The molecule has 140 valence electrons. The lowest BCUT2D eigenvalue weighted by Crippen LogP contribution is -2.55. The Hall–Kier alpha value is 0.310. The van der Waals surface area contributed by atoms with E-state index in [9.17, 15) is 0 Å². The first kappa shape index (κ1) is 20.6. The molecule has 0 aromatic carbocycles. The third kappa shape index (κ3) is 5.66. The molecule has 0 radical (unpaired) electrons. The molecule has 0 aromatic heterocycles. The maximum absolute atomic E-state index is 6.23. The van der Waals surface area contributed by atoms with Crippen LogP contribution in [0.25, 0.3) is 0 Å². The van der Waals surface area contributed by atoms with Crippen molar-refractivity contribution in [2.45, 2.75) is 75.8 Å². The first-order valence-corrected chi connectivity index (χ1v) is 10.8. The molecule has 0 unspecified atom stereocenters. The Morgan fingerprint density at radius 1 is 1.04 bits per heavy atom. The van der Waals surface area contributed by atoms with Gasteiger partial charge in [0.2, 0.25) is 0 Å². The van der Waals surface area contributed by atoms with E-state index in [1.807, 2.05) is 0 Å². The highest BCUT2D eigenvalue weighted by atomic mass is 127. The molecule has 2 saturated carbocycles. The van der Waals surface area contributed by atoms with Gasteiger partial charge in [-0.2, -0.15) is 11.8 Å². The van der Waals surface area contributed by atoms with E-state index in [2.05, 4.69) is 22.0 Å². The van der Waals surface area contributed by atoms with Crippen molar-refractivity contribution in [1.29, 1.82) is 0 Å². The van der Waals surface area contributed by atoms with Crippen LogP contribution in [0.5, 0.6) is 0 Å². The fraction of sp³-hybridized carbons (Fsp3) is 0.944. The van der Waals surface area contributed by atoms with Gasteiger partial charge in [-0.05, 0) is 25.7 Å². The number of nitrogens with two attached hydrogens (primary N) is 1. The second-order valence-electron chi connectivity index (χ2n) is 7.57. The predicted octanol–water partition coefficient (Wildman–Crippen LogP) is 3.59. The van der Waals surface area contributed by atoms with E-state index in [-0.39, 0.29) is 29.5 Å². The Labute approximate surface area is 169 Å². The molecular formula is C18H35IN4S. The molecule has 3 rings (SSSR count). The van der Waals surface area contributed by atoms with Crippen molar-refractivity contribution >= 4 is 41.7 Å². The minimum atomic E-state index is 0. The molecule has 1 heterocycles. The van der Waals surface area contributed by atoms with Gasteiger partial charge in [0.1, 0.15) is 0 Å². The molecule has 4 nitrogen and oxygen atoms in total. The van der Waals surface area contributed by atoms with Crippen LogP contribution in [0.15, 0.2) is 4.99 Å². The van der Waals surface area contributed by atoms with Gasteiger partial charge in [-0.3, -0.25) is 9.89 Å². The number of nitrogens with one attached hydrogen (secondary N) is 1. The van der Waals surface area contributed by atoms with Crippen LogP contribution in [0, 0.1) is 0 Å². The smallest absolute Gasteiger partial charge is 0.188 e. The third-order valence-corrected chi connectivity index (χ3v) is 6.91. The van der Waals surface area contributed by atoms with Gasteiger partial charge in [0.25, 0.3) is 0 Å². The maximum Gasteiger partial charge on any atom is 0.188 e. The van der Waals surface area contributed by atoms with Crippen LogP contribution >= 0.6 is 35.7 Å². The Morgan fingerprint density at radius 3 is 2.33 bits per heavy atom. The van der Waals surface area contributed by atoms with Gasteiger partial charge in [-0.15, -0.1) is 24.0 Å². The molecule has 2 aliphatic carbocycles. The van der Waals surface area contributed by atoms with E-state index >= 15 is 0 Å². The molecule has 0 atom stereocenters. The Kier molecular flexibility index (Phi) is 8.98. The van der Waals surface area contributed by atoms with E-state index in [1.54, 1.807) is 0 Å². The Balaban J connectivity index is 0.00000208. The number of hydrogen-bond acceptors (Lipinski definition) is 3. The number of guanidine groups is 1. The summed E-state index contributed by atoms with van der Waals surface area (Å²) in [5.74, 6) is 3.25. The molecule has 0 aromatic rings. The normalized spacial score (nSPS) is 26.6. The van der Waals surface area contributed by atoms with Gasteiger partial charge in [0.15, 0.2) is 5.96 Å². The summed E-state index contributed by atoms with van der Waals surface area (Å²) in [4.78, 5) is 7.56. The summed E-state index contributed by atoms with van der Waals surface area (Å²) < 4.78 is 0. The van der Waals surface area contributed by atoms with Crippen molar-refractivity contribution in [3.8, 4) is 0 Å². The molecule has 24 heavy (non-hydrogen) atoms. The van der Waals surface area contributed by atoms with Crippen molar-refractivity contribution < 1.29 is 0 Å². The van der Waals surface area contributed by atoms with Gasteiger partial charge in [-0.25, -0.2) is 0 Å². The van der Waals surface area contributed by atoms with Crippen LogP contribution in [0.3, 0.4) is 0 Å². The Bertz CT molecular complexity index is 386. The van der Waals surface area contributed by atoms with Gasteiger partial charge in [0, 0.05) is 36.2 Å². The van der Waals surface area contributed by atoms with Crippen molar-refractivity contribution in [1.82, 2.24) is 10.2 Å². The van der Waals surface area contributed by atoms with Crippen LogP contribution in [-0.2, 0) is 0 Å². The summed E-state index contributed by atoms with van der Waals surface area (Å²) in [6.07, 6.45) is 13.3. The second-order valence-corrected chi connectivity index (χ2v) is 8.79. The van der Waals surface area contributed by atoms with Crippen molar-refractivity contribution in [2.24, 2.45) is 10.7 Å². The van der Waals surface area contributed by atoms with Crippen LogP contribution in [0.1, 0.15) is 64.2 Å². The van der Waals surface area contributed by atoms with Crippen molar-refractivity contribution in [3.63, 3.8) is 0 Å². The number of aliphatic imine (C=N–C) groups is 1. The quantitative estimate of drug-likeness (QED) is 0.378. The van der Waals surface area contributed by atoms with Gasteiger partial charge in [-0.1, -0.05) is 38.5 Å². The first-order valence-electron chi connectivity index (χ1n) is 9.68. The van der Waals surface area contributed by atoms with Crippen LogP contribution in [0.2, 0.25) is 0 Å². The summed E-state index contributed by atoms with van der Waals surface area (Å²) in [5, 5.41) is 3.48. The second kappa shape index (κ2) is 10.5. The summed E-state index contributed by atoms with van der Waals surface area (Å²) in [6.45, 7) is 3.36. The number of thioether (sulfide) groups is 1. The van der Waals surface area contributed by atoms with Gasteiger partial charge >= 0.3 is 0 Å². The summed E-state index contributed by atoms with van der Waals surface area (Å²) in [5.41, 5.74) is 6.52. The lowest BCUT2D eigenvalue weighted by molar-refractivity contribution is 0.0672. The molecule has 1 aliphatic heterocycles. The topological polar surface area (TPSA) is 53.6 Å². The molecular weight excluding hydrogens is 431 g/mol. The largest absolute Gasteiger partial charge is 0.370 e. The highest BCUT2D eigenvalue weighted by Crippen LogP contribution is 2.35. The number of hydrogen-bond donors (Lipinski definition) is 2. The molecule has 6 heteroatoms. The predicted molar refractivity (Wildman–Crippen MR) is 117 cm³/mol. The van der Waals surface area contributed by atoms with E-state index in [0.717, 1.165) is 6.54 Å². The molecule has 0 spiro atoms. The fourth-order valence-electron chi connectivity index (χ4n) is 4.56. The zero-order valence-corrected chi connectivity index (χ0v) is 18.1. The average Bonchev–Trinajstić information content (AvgIpc) is 2.62. The molecule has 1 saturated heterocycles. The van der Waals surface area contributed by atoms with E-state index < -0.39 is 0 Å². The SMILES string of the molecule is I.NC(=NCC1(N2CCSCC2)CCCCC1)NC1CCCCC1. The Morgan fingerprint density at radius 2 is 1.67 bits per heavy atom. The standard InChI is InChI=1S/C18H34N4S.HI/c19-17(21-16-7-3-1-4-8-16)20-15-18(9-5-2-6-10-18)22-11-13-23-14-12-22;/h16H,1-15H2,(H3,19,20,21);1H. The minimum Gasteiger partial charge on any atom is -0.370 e. The molecule has 0 amide bonds. The number of halogens is 1. The lowest BCUT2D eigenvalue weighted by Gasteiger charge is -2.47. The molecule has 3 fully saturated rings. The van der Waals surface area contributed by atoms with E-state index in [0.29, 0.717) is 12.0 Å². The molecule has 3 N–H and O–H groups in total. The zero-order valence-electron chi connectivity index (χ0n) is 15.0. The fourth-order valence-corrected chi connectivity index (χ4v) is 5.46. The van der Waals surface area contributed by atoms with Gasteiger partial charge in [0.05, 0.1) is 6.54 Å². The van der Waals surface area contributed by atoms with Crippen LogP contribution in [-0.4, -0.2) is 53.6 Å². The highest BCUT2D eigenvalue weighted by molar-refractivity contribution is 14.0. The van der Waals surface area contributed by atoms with Crippen LogP contribution < -0.4 is 11.1 Å². The maximum atomic E-state index is 6.23. The van der Waals surface area contributed by atoms with E-state index in [4.69, 9.17) is 10.7 Å².